The molecule has 0 saturated carbocycles. The summed E-state index contributed by atoms with van der Waals surface area (Å²) >= 11 is 0. The van der Waals surface area contributed by atoms with Gasteiger partial charge in [0.1, 0.15) is 11.8 Å². The maximum Gasteiger partial charge on any atom is 0.409 e. The van der Waals surface area contributed by atoms with Crippen molar-refractivity contribution in [1.29, 1.82) is 0 Å². The van der Waals surface area contributed by atoms with Gasteiger partial charge in [-0.3, -0.25) is 5.32 Å². The average molecular weight is 327 g/mol. The zero-order valence-corrected chi connectivity index (χ0v) is 14.5. The molecule has 0 aromatic heterocycles. The number of rotatable bonds is 6. The van der Waals surface area contributed by atoms with Crippen LogP contribution in [0.2, 0.25) is 0 Å². The van der Waals surface area contributed by atoms with Crippen molar-refractivity contribution in [2.75, 3.05) is 0 Å². The highest BCUT2D eigenvalue weighted by molar-refractivity contribution is 5.67. The van der Waals surface area contributed by atoms with Crippen molar-refractivity contribution in [3.63, 3.8) is 0 Å². The molecule has 0 radical (unpaired) electrons. The van der Waals surface area contributed by atoms with E-state index in [1.165, 1.54) is 0 Å². The van der Waals surface area contributed by atoms with Crippen LogP contribution in [0.5, 0.6) is 0 Å². The second-order valence-electron chi connectivity index (χ2n) is 6.62. The van der Waals surface area contributed by atoms with Gasteiger partial charge in [0, 0.05) is 6.42 Å². The van der Waals surface area contributed by atoms with Gasteiger partial charge in [0.15, 0.2) is 0 Å². The number of hydrogen-bond acceptors (Lipinski definition) is 3. The van der Waals surface area contributed by atoms with E-state index in [9.17, 15) is 4.79 Å². The summed E-state index contributed by atoms with van der Waals surface area (Å²) in [7, 11) is 0. The van der Waals surface area contributed by atoms with Gasteiger partial charge in [-0.1, -0.05) is 60.7 Å². The summed E-state index contributed by atoms with van der Waals surface area (Å²) in [4.78, 5) is 12.1. The highest BCUT2D eigenvalue weighted by Gasteiger charge is 2.20. The molecule has 0 aliphatic rings. The zero-order chi connectivity index (χ0) is 17.4. The average Bonchev–Trinajstić information content (AvgIpc) is 2.53. The molecule has 24 heavy (non-hydrogen) atoms. The SMILES string of the molecule is CC(C)(C)OC(=O)N[C@@H](Cc1ccccc1)OCc1ccccc1. The number of hydrogen-bond donors (Lipinski definition) is 1. The smallest absolute Gasteiger partial charge is 0.409 e. The predicted molar refractivity (Wildman–Crippen MR) is 94.5 cm³/mol. The fourth-order valence-corrected chi connectivity index (χ4v) is 2.19. The molecule has 0 unspecified atom stereocenters. The lowest BCUT2D eigenvalue weighted by Crippen LogP contribution is -2.41. The number of benzene rings is 2. The molecule has 1 atom stereocenters. The van der Waals surface area contributed by atoms with E-state index in [0.29, 0.717) is 13.0 Å². The third-order valence-electron chi connectivity index (χ3n) is 3.24. The molecule has 2 aromatic carbocycles. The highest BCUT2D eigenvalue weighted by atomic mass is 16.6. The predicted octanol–water partition coefficient (Wildman–Crippen LogP) is 4.30. The van der Waals surface area contributed by atoms with Crippen LogP contribution in [0.1, 0.15) is 31.9 Å². The standard InChI is InChI=1S/C20H25NO3/c1-20(2,3)24-19(22)21-18(14-16-10-6-4-7-11-16)23-15-17-12-8-5-9-13-17/h4-13,18H,14-15H2,1-3H3,(H,21,22)/t18-/m1/s1. The zero-order valence-electron chi connectivity index (χ0n) is 14.5. The van der Waals surface area contributed by atoms with Crippen LogP contribution in [0.25, 0.3) is 0 Å². The Morgan fingerprint density at radius 2 is 1.50 bits per heavy atom. The minimum absolute atomic E-state index is 0.425. The number of nitrogens with one attached hydrogen (secondary N) is 1. The minimum atomic E-state index is -0.541. The van der Waals surface area contributed by atoms with Crippen molar-refractivity contribution in [2.45, 2.75) is 45.6 Å². The van der Waals surface area contributed by atoms with Crippen LogP contribution < -0.4 is 5.32 Å². The Balaban J connectivity index is 1.99. The topological polar surface area (TPSA) is 47.6 Å². The molecule has 0 aliphatic carbocycles. The number of carbonyl (C=O) groups is 1. The van der Waals surface area contributed by atoms with Crippen LogP contribution >= 0.6 is 0 Å². The van der Waals surface area contributed by atoms with Crippen LogP contribution in [0.15, 0.2) is 60.7 Å². The Morgan fingerprint density at radius 1 is 0.958 bits per heavy atom. The Bertz CT molecular complexity index is 620. The van der Waals surface area contributed by atoms with Gasteiger partial charge in [-0.2, -0.15) is 0 Å². The maximum absolute atomic E-state index is 12.1. The maximum atomic E-state index is 12.1. The molecule has 1 amide bonds. The molecular formula is C20H25NO3. The van der Waals surface area contributed by atoms with E-state index in [4.69, 9.17) is 9.47 Å². The first-order valence-corrected chi connectivity index (χ1v) is 8.11. The molecule has 2 aromatic rings. The lowest BCUT2D eigenvalue weighted by Gasteiger charge is -2.24. The summed E-state index contributed by atoms with van der Waals surface area (Å²) in [6.45, 7) is 5.94. The van der Waals surface area contributed by atoms with Gasteiger partial charge in [0.25, 0.3) is 0 Å². The Kier molecular flexibility index (Phi) is 6.38. The molecule has 0 aliphatic heterocycles. The molecule has 4 nitrogen and oxygen atoms in total. The van der Waals surface area contributed by atoms with Gasteiger partial charge in [0.2, 0.25) is 0 Å². The molecule has 2 rings (SSSR count). The van der Waals surface area contributed by atoms with Crippen LogP contribution in [0.4, 0.5) is 4.79 Å². The van der Waals surface area contributed by atoms with Crippen molar-refractivity contribution in [1.82, 2.24) is 5.32 Å². The van der Waals surface area contributed by atoms with E-state index < -0.39 is 17.9 Å². The lowest BCUT2D eigenvalue weighted by molar-refractivity contribution is -0.000927. The minimum Gasteiger partial charge on any atom is -0.444 e. The van der Waals surface area contributed by atoms with E-state index in [1.54, 1.807) is 0 Å². The lowest BCUT2D eigenvalue weighted by atomic mass is 10.1. The van der Waals surface area contributed by atoms with Crippen LogP contribution in [-0.4, -0.2) is 17.9 Å². The molecule has 128 valence electrons. The van der Waals surface area contributed by atoms with Gasteiger partial charge in [-0.15, -0.1) is 0 Å². The Morgan fingerprint density at radius 3 is 2.04 bits per heavy atom. The van der Waals surface area contributed by atoms with Gasteiger partial charge >= 0.3 is 6.09 Å². The summed E-state index contributed by atoms with van der Waals surface area (Å²) < 4.78 is 11.2. The van der Waals surface area contributed by atoms with E-state index in [1.807, 2.05) is 81.4 Å². The van der Waals surface area contributed by atoms with Crippen LogP contribution in [0, 0.1) is 0 Å². The number of carbonyl (C=O) groups excluding carboxylic acids is 1. The first-order chi connectivity index (χ1) is 11.4. The number of alkyl carbamates (subject to hydrolysis) is 1. The van der Waals surface area contributed by atoms with Crippen molar-refractivity contribution in [2.24, 2.45) is 0 Å². The molecule has 0 bridgehead atoms. The van der Waals surface area contributed by atoms with Gasteiger partial charge in [-0.05, 0) is 31.9 Å². The summed E-state index contributed by atoms with van der Waals surface area (Å²) in [5, 5.41) is 2.81. The first-order valence-electron chi connectivity index (χ1n) is 8.11. The fourth-order valence-electron chi connectivity index (χ4n) is 2.19. The summed E-state index contributed by atoms with van der Waals surface area (Å²) in [6, 6.07) is 19.8. The highest BCUT2D eigenvalue weighted by Crippen LogP contribution is 2.10. The number of amides is 1. The van der Waals surface area contributed by atoms with Crippen LogP contribution in [-0.2, 0) is 22.5 Å². The van der Waals surface area contributed by atoms with Gasteiger partial charge in [0.05, 0.1) is 6.61 Å². The Hall–Kier alpha value is -2.33. The largest absolute Gasteiger partial charge is 0.444 e. The Labute approximate surface area is 143 Å². The fraction of sp³-hybridized carbons (Fsp3) is 0.350. The molecule has 4 heteroatoms. The first kappa shape index (κ1) is 18.0. The molecular weight excluding hydrogens is 302 g/mol. The van der Waals surface area contributed by atoms with Crippen LogP contribution in [0.3, 0.4) is 0 Å². The number of ether oxygens (including phenoxy) is 2. The summed E-state index contributed by atoms with van der Waals surface area (Å²) in [6.07, 6.45) is -0.355. The van der Waals surface area contributed by atoms with E-state index in [2.05, 4.69) is 5.32 Å². The second kappa shape index (κ2) is 8.50. The van der Waals surface area contributed by atoms with Gasteiger partial charge < -0.3 is 9.47 Å². The van der Waals surface area contributed by atoms with Crippen molar-refractivity contribution in [3.8, 4) is 0 Å². The van der Waals surface area contributed by atoms with Gasteiger partial charge in [-0.25, -0.2) is 4.79 Å². The van der Waals surface area contributed by atoms with Crippen molar-refractivity contribution in [3.05, 3.63) is 71.8 Å². The van der Waals surface area contributed by atoms with Crippen molar-refractivity contribution < 1.29 is 14.3 Å². The monoisotopic (exact) mass is 327 g/mol. The van der Waals surface area contributed by atoms with E-state index >= 15 is 0 Å². The molecule has 1 N–H and O–H groups in total. The summed E-state index contributed by atoms with van der Waals surface area (Å²) in [5.41, 5.74) is 1.61. The second-order valence-corrected chi connectivity index (χ2v) is 6.62. The molecule has 0 fully saturated rings. The van der Waals surface area contributed by atoms with E-state index in [0.717, 1.165) is 11.1 Å². The molecule has 0 saturated heterocycles. The third kappa shape index (κ3) is 6.84. The molecule has 0 heterocycles. The third-order valence-corrected chi connectivity index (χ3v) is 3.24. The quantitative estimate of drug-likeness (QED) is 0.805. The normalized spacial score (nSPS) is 12.5. The van der Waals surface area contributed by atoms with Crippen molar-refractivity contribution >= 4 is 6.09 Å². The molecule has 0 spiro atoms. The summed E-state index contributed by atoms with van der Waals surface area (Å²) in [5.74, 6) is 0. The van der Waals surface area contributed by atoms with E-state index in [-0.39, 0.29) is 0 Å².